The van der Waals surface area contributed by atoms with Crippen LogP contribution in [-0.4, -0.2) is 22.9 Å². The van der Waals surface area contributed by atoms with Crippen molar-refractivity contribution < 1.29 is 0 Å². The minimum Gasteiger partial charge on any atom is -0.370 e. The quantitative estimate of drug-likeness (QED) is 0.891. The van der Waals surface area contributed by atoms with E-state index in [9.17, 15) is 0 Å². The maximum absolute atomic E-state index is 4.56. The molecular weight excluding hydrogens is 272 g/mol. The van der Waals surface area contributed by atoms with E-state index in [1.54, 1.807) is 0 Å². The van der Waals surface area contributed by atoms with Gasteiger partial charge in [-0.3, -0.25) is 0 Å². The van der Waals surface area contributed by atoms with Gasteiger partial charge in [0, 0.05) is 37.7 Å². The molecular formula is C18H24N4. The molecule has 2 N–H and O–H groups in total. The zero-order valence-electron chi connectivity index (χ0n) is 13.1. The fraction of sp³-hybridized carbons (Fsp3) is 0.500. The van der Waals surface area contributed by atoms with Crippen LogP contribution in [0.5, 0.6) is 0 Å². The molecule has 2 unspecified atom stereocenters. The summed E-state index contributed by atoms with van der Waals surface area (Å²) in [5.74, 6) is 2.58. The van der Waals surface area contributed by atoms with E-state index in [4.69, 9.17) is 0 Å². The molecule has 2 atom stereocenters. The predicted molar refractivity (Wildman–Crippen MR) is 88.9 cm³/mol. The van der Waals surface area contributed by atoms with Crippen LogP contribution >= 0.6 is 0 Å². The lowest BCUT2D eigenvalue weighted by Gasteiger charge is -2.27. The van der Waals surface area contributed by atoms with Gasteiger partial charge >= 0.3 is 0 Å². The number of aromatic nitrogens is 2. The summed E-state index contributed by atoms with van der Waals surface area (Å²) in [6, 6.07) is 13.5. The van der Waals surface area contributed by atoms with Crippen molar-refractivity contribution in [3.05, 3.63) is 47.7 Å². The second-order valence-corrected chi connectivity index (χ2v) is 6.73. The zero-order valence-corrected chi connectivity index (χ0v) is 13.1. The van der Waals surface area contributed by atoms with Crippen molar-refractivity contribution in [3.8, 4) is 0 Å². The van der Waals surface area contributed by atoms with Crippen LogP contribution < -0.4 is 10.6 Å². The van der Waals surface area contributed by atoms with Crippen LogP contribution in [0.3, 0.4) is 0 Å². The van der Waals surface area contributed by atoms with Crippen molar-refractivity contribution in [1.82, 2.24) is 15.1 Å². The number of hydrogen-bond donors (Lipinski definition) is 2. The van der Waals surface area contributed by atoms with Crippen molar-refractivity contribution in [2.75, 3.05) is 18.4 Å². The Kier molecular flexibility index (Phi) is 3.62. The molecule has 1 aromatic carbocycles. The summed E-state index contributed by atoms with van der Waals surface area (Å²) < 4.78 is 2.11. The van der Waals surface area contributed by atoms with Crippen molar-refractivity contribution in [2.24, 2.45) is 11.8 Å². The molecule has 0 bridgehead atoms. The standard InChI is InChI=1S/C18H24N4/c1-13-9-17-19-10-14(12-22(17)21-13)11-20-18(16-7-8-16)15-5-3-2-4-6-15/h2-6,9,14,16,18-20H,7-8,10-12H2,1H3. The Morgan fingerprint density at radius 1 is 1.32 bits per heavy atom. The first-order chi connectivity index (χ1) is 10.8. The van der Waals surface area contributed by atoms with Crippen molar-refractivity contribution in [2.45, 2.75) is 32.4 Å². The molecule has 4 nitrogen and oxygen atoms in total. The van der Waals surface area contributed by atoms with Gasteiger partial charge < -0.3 is 10.6 Å². The van der Waals surface area contributed by atoms with Crippen LogP contribution in [0, 0.1) is 18.8 Å². The van der Waals surface area contributed by atoms with Crippen LogP contribution in [0.1, 0.15) is 30.1 Å². The van der Waals surface area contributed by atoms with Gasteiger partial charge in [-0.25, -0.2) is 4.68 Å². The molecule has 0 saturated heterocycles. The lowest BCUT2D eigenvalue weighted by molar-refractivity contribution is 0.358. The summed E-state index contributed by atoms with van der Waals surface area (Å²) in [5.41, 5.74) is 2.53. The Morgan fingerprint density at radius 3 is 2.91 bits per heavy atom. The van der Waals surface area contributed by atoms with E-state index >= 15 is 0 Å². The average molecular weight is 296 g/mol. The fourth-order valence-electron chi connectivity index (χ4n) is 3.46. The van der Waals surface area contributed by atoms with E-state index in [0.717, 1.165) is 37.1 Å². The Morgan fingerprint density at radius 2 is 2.14 bits per heavy atom. The van der Waals surface area contributed by atoms with Crippen molar-refractivity contribution in [3.63, 3.8) is 0 Å². The summed E-state index contributed by atoms with van der Waals surface area (Å²) in [6.07, 6.45) is 2.72. The number of fused-ring (bicyclic) bond motifs is 1. The van der Waals surface area contributed by atoms with Crippen LogP contribution in [0.15, 0.2) is 36.4 Å². The van der Waals surface area contributed by atoms with E-state index in [-0.39, 0.29) is 0 Å². The van der Waals surface area contributed by atoms with Crippen molar-refractivity contribution in [1.29, 1.82) is 0 Å². The van der Waals surface area contributed by atoms with E-state index in [1.165, 1.54) is 18.4 Å². The molecule has 4 heteroatoms. The van der Waals surface area contributed by atoms with Gasteiger partial charge in [0.2, 0.25) is 0 Å². The molecule has 2 aromatic rings. The average Bonchev–Trinajstić information content (AvgIpc) is 3.29. The highest BCUT2D eigenvalue weighted by molar-refractivity contribution is 5.38. The summed E-state index contributed by atoms with van der Waals surface area (Å²) in [6.45, 7) is 5.14. The molecule has 1 aliphatic heterocycles. The zero-order chi connectivity index (χ0) is 14.9. The molecule has 2 aliphatic rings. The van der Waals surface area contributed by atoms with E-state index in [2.05, 4.69) is 63.7 Å². The number of nitrogens with one attached hydrogen (secondary N) is 2. The molecule has 116 valence electrons. The number of aryl methyl sites for hydroxylation is 1. The van der Waals surface area contributed by atoms with Gasteiger partial charge in [0.05, 0.1) is 5.69 Å². The molecule has 2 heterocycles. The Bertz CT molecular complexity index is 630. The predicted octanol–water partition coefficient (Wildman–Crippen LogP) is 2.97. The van der Waals surface area contributed by atoms with Gasteiger partial charge in [-0.15, -0.1) is 0 Å². The first-order valence-corrected chi connectivity index (χ1v) is 8.36. The SMILES string of the molecule is Cc1cc2n(n1)CC(CNC(c1ccccc1)C1CC1)CN2. The second-order valence-electron chi connectivity index (χ2n) is 6.73. The topological polar surface area (TPSA) is 41.9 Å². The number of rotatable bonds is 5. The molecule has 1 aromatic heterocycles. The summed E-state index contributed by atoms with van der Waals surface area (Å²) in [4.78, 5) is 0. The highest BCUT2D eigenvalue weighted by Gasteiger charge is 2.32. The Balaban J connectivity index is 1.39. The number of benzene rings is 1. The summed E-state index contributed by atoms with van der Waals surface area (Å²) in [5, 5.41) is 11.9. The molecule has 1 fully saturated rings. The molecule has 1 aliphatic carbocycles. The van der Waals surface area contributed by atoms with Gasteiger partial charge in [-0.05, 0) is 31.2 Å². The maximum atomic E-state index is 4.56. The molecule has 22 heavy (non-hydrogen) atoms. The van der Waals surface area contributed by atoms with Crippen molar-refractivity contribution >= 4 is 5.82 Å². The maximum Gasteiger partial charge on any atom is 0.124 e. The Hall–Kier alpha value is -1.81. The van der Waals surface area contributed by atoms with Crippen LogP contribution in [0.2, 0.25) is 0 Å². The number of anilines is 1. The van der Waals surface area contributed by atoms with Gasteiger partial charge in [-0.2, -0.15) is 5.10 Å². The van der Waals surface area contributed by atoms with Crippen LogP contribution in [-0.2, 0) is 6.54 Å². The lowest BCUT2D eigenvalue weighted by Crippen LogP contribution is -2.37. The normalized spacial score (nSPS) is 22.0. The molecule has 0 spiro atoms. The first kappa shape index (κ1) is 13.8. The third-order valence-corrected chi connectivity index (χ3v) is 4.78. The van der Waals surface area contributed by atoms with Crippen LogP contribution in [0.25, 0.3) is 0 Å². The number of nitrogens with zero attached hydrogens (tertiary/aromatic N) is 2. The third kappa shape index (κ3) is 2.88. The smallest absolute Gasteiger partial charge is 0.124 e. The lowest BCUT2D eigenvalue weighted by atomic mass is 10.0. The second kappa shape index (κ2) is 5.76. The largest absolute Gasteiger partial charge is 0.370 e. The van der Waals surface area contributed by atoms with Gasteiger partial charge in [0.1, 0.15) is 5.82 Å². The summed E-state index contributed by atoms with van der Waals surface area (Å²) in [7, 11) is 0. The third-order valence-electron chi connectivity index (χ3n) is 4.78. The minimum absolute atomic E-state index is 0.516. The van der Waals surface area contributed by atoms with Gasteiger partial charge in [0.15, 0.2) is 0 Å². The summed E-state index contributed by atoms with van der Waals surface area (Å²) >= 11 is 0. The monoisotopic (exact) mass is 296 g/mol. The molecule has 1 saturated carbocycles. The minimum atomic E-state index is 0.516. The Labute approximate surface area is 131 Å². The first-order valence-electron chi connectivity index (χ1n) is 8.36. The van der Waals surface area contributed by atoms with Crippen LogP contribution in [0.4, 0.5) is 5.82 Å². The van der Waals surface area contributed by atoms with E-state index in [1.807, 2.05) is 0 Å². The van der Waals surface area contributed by atoms with Gasteiger partial charge in [-0.1, -0.05) is 30.3 Å². The highest BCUT2D eigenvalue weighted by atomic mass is 15.3. The van der Waals surface area contributed by atoms with E-state index < -0.39 is 0 Å². The molecule has 0 radical (unpaired) electrons. The van der Waals surface area contributed by atoms with E-state index in [0.29, 0.717) is 12.0 Å². The highest BCUT2D eigenvalue weighted by Crippen LogP contribution is 2.41. The van der Waals surface area contributed by atoms with Gasteiger partial charge in [0.25, 0.3) is 0 Å². The number of hydrogen-bond acceptors (Lipinski definition) is 3. The molecule has 4 rings (SSSR count). The fourth-order valence-corrected chi connectivity index (χ4v) is 3.46. The molecule has 0 amide bonds.